The lowest BCUT2D eigenvalue weighted by Crippen LogP contribution is -2.90. The minimum Gasteiger partial charge on any atom is -0.496 e. The van der Waals surface area contributed by atoms with E-state index in [0.29, 0.717) is 70.2 Å². The fraction of sp³-hybridized carbons (Fsp3) is 0.533. The molecule has 12 nitrogen and oxygen atoms in total. The van der Waals surface area contributed by atoms with Crippen LogP contribution in [0.2, 0.25) is 0 Å². The Kier molecular flexibility index (Phi) is 11.3. The minimum absolute atomic E-state index is 0.104. The average molecular weight is 782 g/mol. The number of carbonyl (C=O) groups is 3. The lowest BCUT2D eigenvalue weighted by atomic mass is 9.21. The summed E-state index contributed by atoms with van der Waals surface area (Å²) in [4.78, 5) is 49.8. The van der Waals surface area contributed by atoms with Gasteiger partial charge in [0.25, 0.3) is 11.8 Å². The molecule has 1 aliphatic heterocycles. The number of para-hydroxylation sites is 1. The van der Waals surface area contributed by atoms with E-state index in [-0.39, 0.29) is 47.9 Å². The summed E-state index contributed by atoms with van der Waals surface area (Å²) < 4.78 is 6.06. The molecule has 57 heavy (non-hydrogen) atoms. The number of hydroxylamine groups is 2. The predicted octanol–water partition coefficient (Wildman–Crippen LogP) is 3.90. The van der Waals surface area contributed by atoms with Crippen molar-refractivity contribution in [2.45, 2.75) is 76.9 Å². The van der Waals surface area contributed by atoms with E-state index in [2.05, 4.69) is 36.7 Å². The van der Waals surface area contributed by atoms with Crippen LogP contribution in [0.15, 0.2) is 66.7 Å². The van der Waals surface area contributed by atoms with E-state index in [1.165, 1.54) is 0 Å². The van der Waals surface area contributed by atoms with Crippen LogP contribution in [0.3, 0.4) is 0 Å². The van der Waals surface area contributed by atoms with Crippen LogP contribution in [0.1, 0.15) is 66.0 Å². The van der Waals surface area contributed by atoms with Crippen molar-refractivity contribution in [1.29, 1.82) is 0 Å². The Morgan fingerprint density at radius 3 is 2.32 bits per heavy atom. The third-order valence-electron chi connectivity index (χ3n) is 13.7. The SMILES string of the molecule is CNC(=O)c1cc(C(=O)N[C@@H](Cc2ccccc2)CN(C)C)cc(-c2cccc(CN3O[C@@H](CO)[C@@H]([C@H](C)O)[C@H]3C(=O)N[C@@]34CC5C3[C@@H]([C@@H]4C)C5(C)C)c2OC)c1. The van der Waals surface area contributed by atoms with Crippen molar-refractivity contribution in [3.05, 3.63) is 89.0 Å². The van der Waals surface area contributed by atoms with E-state index in [1.807, 2.05) is 67.5 Å². The van der Waals surface area contributed by atoms with Crippen molar-refractivity contribution in [3.8, 4) is 16.9 Å². The molecular weight excluding hydrogens is 723 g/mol. The number of nitrogens with one attached hydrogen (secondary N) is 3. The highest BCUT2D eigenvalue weighted by molar-refractivity contribution is 6.02. The van der Waals surface area contributed by atoms with Crippen molar-refractivity contribution in [1.82, 2.24) is 25.9 Å². The molecule has 3 aliphatic carbocycles. The lowest BCUT2D eigenvalue weighted by molar-refractivity contribution is -0.349. The van der Waals surface area contributed by atoms with Crippen molar-refractivity contribution in [2.24, 2.45) is 35.0 Å². The maximum atomic E-state index is 14.4. The molecule has 0 bridgehead atoms. The number of methoxy groups -OCH3 is 1. The first kappa shape index (κ1) is 40.9. The molecule has 1 heterocycles. The van der Waals surface area contributed by atoms with Crippen LogP contribution in [0.25, 0.3) is 11.1 Å². The number of likely N-dealkylation sites (N-methyl/N-ethyl adjacent to an activating group) is 1. The monoisotopic (exact) mass is 781 g/mol. The van der Waals surface area contributed by atoms with Gasteiger partial charge in [0.15, 0.2) is 0 Å². The first-order chi connectivity index (χ1) is 27.1. The van der Waals surface area contributed by atoms with Gasteiger partial charge in [-0.15, -0.1) is 0 Å². The molecule has 0 spiro atoms. The third-order valence-corrected chi connectivity index (χ3v) is 13.7. The molecule has 1 saturated heterocycles. The van der Waals surface area contributed by atoms with Gasteiger partial charge in [0.05, 0.1) is 26.4 Å². The van der Waals surface area contributed by atoms with Gasteiger partial charge in [-0.2, -0.15) is 5.06 Å². The number of amides is 3. The number of ether oxygens (including phenoxy) is 1. The zero-order chi connectivity index (χ0) is 41.0. The topological polar surface area (TPSA) is 153 Å². The summed E-state index contributed by atoms with van der Waals surface area (Å²) in [6.45, 7) is 8.89. The smallest absolute Gasteiger partial charge is 0.251 e. The van der Waals surface area contributed by atoms with Crippen molar-refractivity contribution in [2.75, 3.05) is 41.4 Å². The summed E-state index contributed by atoms with van der Waals surface area (Å²) in [5, 5.41) is 32.3. The van der Waals surface area contributed by atoms with Gasteiger partial charge in [0, 0.05) is 53.3 Å². The minimum atomic E-state index is -0.931. The molecule has 3 aromatic carbocycles. The van der Waals surface area contributed by atoms with Gasteiger partial charge in [0.2, 0.25) is 5.91 Å². The Morgan fingerprint density at radius 1 is 1.02 bits per heavy atom. The molecule has 3 saturated carbocycles. The largest absolute Gasteiger partial charge is 0.496 e. The lowest BCUT2D eigenvalue weighted by Gasteiger charge is -2.86. The van der Waals surface area contributed by atoms with Crippen molar-refractivity contribution < 1.29 is 34.2 Å². The number of hydrogen-bond donors (Lipinski definition) is 5. The summed E-state index contributed by atoms with van der Waals surface area (Å²) in [5.74, 6) is 0.927. The van der Waals surface area contributed by atoms with Crippen LogP contribution in [0.4, 0.5) is 0 Å². The molecule has 0 radical (unpaired) electrons. The highest BCUT2D eigenvalue weighted by Crippen LogP contribution is 2.81. The average Bonchev–Trinajstić information content (AvgIpc) is 3.55. The van der Waals surface area contributed by atoms with Gasteiger partial charge in [0.1, 0.15) is 17.9 Å². The second-order valence-corrected chi connectivity index (χ2v) is 17.7. The molecule has 5 N–H and O–H groups in total. The molecule has 0 aromatic heterocycles. The van der Waals surface area contributed by atoms with Gasteiger partial charge >= 0.3 is 0 Å². The van der Waals surface area contributed by atoms with Crippen LogP contribution < -0.4 is 20.7 Å². The van der Waals surface area contributed by atoms with E-state index in [0.717, 1.165) is 12.0 Å². The van der Waals surface area contributed by atoms with Gasteiger partial charge in [-0.05, 0) is 92.3 Å². The summed E-state index contributed by atoms with van der Waals surface area (Å²) >= 11 is 0. The van der Waals surface area contributed by atoms with Gasteiger partial charge in [-0.25, -0.2) is 0 Å². The van der Waals surface area contributed by atoms with Crippen molar-refractivity contribution in [3.63, 3.8) is 0 Å². The van der Waals surface area contributed by atoms with E-state index >= 15 is 0 Å². The molecule has 10 atom stereocenters. The number of benzene rings is 3. The van der Waals surface area contributed by atoms with Crippen LogP contribution in [-0.4, -0.2) is 109 Å². The Bertz CT molecular complexity index is 1980. The van der Waals surface area contributed by atoms with E-state index in [9.17, 15) is 24.6 Å². The predicted molar refractivity (Wildman–Crippen MR) is 217 cm³/mol. The van der Waals surface area contributed by atoms with Gasteiger partial charge in [-0.3, -0.25) is 19.2 Å². The standard InChI is InChI=1S/C45H59N5O7/c1-25-37-38-34(44(37,3)4)21-45(25,38)48-43(55)39-36(26(2)52)35(24-51)57-50(39)22-28-15-12-16-33(40(28)56-8)29-18-30(41(53)46-5)20-31(19-29)42(54)47-32(23-49(6)7)17-27-13-10-9-11-14-27/h9-16,18-20,25-26,32,34-39,51-52H,17,21-24H2,1-8H3,(H,46,53)(H,47,54)(H,48,55)/t25-,26-,32-,34?,35-,36+,37+,38?,39-,45+/m0/s1. The number of aliphatic hydroxyl groups is 2. The molecule has 2 unspecified atom stereocenters. The zero-order valence-electron chi connectivity index (χ0n) is 34.4. The Hall–Kier alpha value is -4.33. The van der Waals surface area contributed by atoms with E-state index < -0.39 is 24.2 Å². The molecule has 306 valence electrons. The Balaban J connectivity index is 1.18. The van der Waals surface area contributed by atoms with Crippen LogP contribution in [-0.2, 0) is 22.6 Å². The fourth-order valence-corrected chi connectivity index (χ4v) is 11.1. The summed E-state index contributed by atoms with van der Waals surface area (Å²) in [7, 11) is 7.03. The van der Waals surface area contributed by atoms with Crippen LogP contribution >= 0.6 is 0 Å². The van der Waals surface area contributed by atoms with Crippen LogP contribution in [0.5, 0.6) is 5.75 Å². The summed E-state index contributed by atoms with van der Waals surface area (Å²) in [6.07, 6.45) is -0.149. The first-order valence-electron chi connectivity index (χ1n) is 20.2. The normalized spacial score (nSPS) is 29.2. The highest BCUT2D eigenvalue weighted by atomic mass is 16.7. The number of rotatable bonds is 15. The second-order valence-electron chi connectivity index (χ2n) is 17.7. The number of hydrogen-bond acceptors (Lipinski definition) is 9. The summed E-state index contributed by atoms with van der Waals surface area (Å²) in [5.41, 5.74) is 3.67. The van der Waals surface area contributed by atoms with Crippen molar-refractivity contribution >= 4 is 17.7 Å². The number of nitrogens with zero attached hydrogens (tertiary/aromatic N) is 2. The Labute approximate surface area is 336 Å². The van der Waals surface area contributed by atoms with Gasteiger partial charge < -0.3 is 35.8 Å². The molecular formula is C45H59N5O7. The fourth-order valence-electron chi connectivity index (χ4n) is 11.1. The zero-order valence-corrected chi connectivity index (χ0v) is 34.4. The number of aliphatic hydroxyl groups excluding tert-OH is 2. The highest BCUT2D eigenvalue weighted by Gasteiger charge is 2.83. The molecule has 12 heteroatoms. The van der Waals surface area contributed by atoms with Crippen LogP contribution in [0, 0.1) is 35.0 Å². The third kappa shape index (κ3) is 7.13. The summed E-state index contributed by atoms with van der Waals surface area (Å²) in [6, 6.07) is 19.6. The second kappa shape index (κ2) is 15.8. The van der Waals surface area contributed by atoms with E-state index in [4.69, 9.17) is 9.57 Å². The molecule has 7 rings (SSSR count). The first-order valence-corrected chi connectivity index (χ1v) is 20.2. The molecule has 3 aromatic rings. The Morgan fingerprint density at radius 2 is 1.72 bits per heavy atom. The van der Waals surface area contributed by atoms with E-state index in [1.54, 1.807) is 44.3 Å². The maximum absolute atomic E-state index is 14.4. The quantitative estimate of drug-likeness (QED) is 0.155. The molecule has 4 fully saturated rings. The maximum Gasteiger partial charge on any atom is 0.251 e. The van der Waals surface area contributed by atoms with Gasteiger partial charge in [-0.1, -0.05) is 69.3 Å². The molecule has 3 amide bonds. The number of carbonyl (C=O) groups excluding carboxylic acids is 3. The molecule has 4 aliphatic rings.